The molecular weight excluding hydrogens is 274 g/mol. The van der Waals surface area contributed by atoms with Crippen LogP contribution in [0.3, 0.4) is 0 Å². The Labute approximate surface area is 119 Å². The van der Waals surface area contributed by atoms with Crippen molar-refractivity contribution in [2.45, 2.75) is 19.4 Å². The van der Waals surface area contributed by atoms with Gasteiger partial charge in [-0.05, 0) is 30.0 Å². The first-order chi connectivity index (χ1) is 9.72. The first-order valence-corrected chi connectivity index (χ1v) is 7.21. The highest BCUT2D eigenvalue weighted by molar-refractivity contribution is 7.10. The summed E-state index contributed by atoms with van der Waals surface area (Å²) in [5, 5.41) is 19.5. The minimum Gasteiger partial charge on any atom is -0.478 e. The molecule has 0 radical (unpaired) electrons. The lowest BCUT2D eigenvalue weighted by atomic mass is 10.1. The number of aromatic nitrogens is 3. The van der Waals surface area contributed by atoms with Crippen LogP contribution in [0.5, 0.6) is 0 Å². The molecule has 1 unspecified atom stereocenters. The molecule has 0 saturated heterocycles. The van der Waals surface area contributed by atoms with Gasteiger partial charge < -0.3 is 5.11 Å². The number of rotatable bonds is 4. The van der Waals surface area contributed by atoms with Crippen LogP contribution in [0.2, 0.25) is 0 Å². The van der Waals surface area contributed by atoms with Crippen molar-refractivity contribution in [2.75, 3.05) is 0 Å². The van der Waals surface area contributed by atoms with Crippen molar-refractivity contribution in [1.82, 2.24) is 15.0 Å². The van der Waals surface area contributed by atoms with Gasteiger partial charge in [0.25, 0.3) is 0 Å². The number of carboxylic acids is 1. The average Bonchev–Trinajstić information content (AvgIpc) is 3.09. The average molecular weight is 287 g/mol. The van der Waals surface area contributed by atoms with Gasteiger partial charge in [0.2, 0.25) is 0 Å². The highest BCUT2D eigenvalue weighted by atomic mass is 32.1. The summed E-state index contributed by atoms with van der Waals surface area (Å²) in [4.78, 5) is 12.4. The minimum atomic E-state index is -0.980. The molecule has 1 aromatic carbocycles. The number of hydrogen-bond acceptors (Lipinski definition) is 4. The fraction of sp³-hybridized carbons (Fsp3) is 0.214. The second-order valence-corrected chi connectivity index (χ2v) is 5.43. The van der Waals surface area contributed by atoms with Gasteiger partial charge in [-0.15, -0.1) is 16.4 Å². The molecule has 0 bridgehead atoms. The molecule has 2 aromatic heterocycles. The summed E-state index contributed by atoms with van der Waals surface area (Å²) in [6.45, 7) is 2.08. The van der Waals surface area contributed by atoms with E-state index in [4.69, 9.17) is 0 Å². The van der Waals surface area contributed by atoms with Gasteiger partial charge in [0.15, 0.2) is 0 Å². The molecule has 0 fully saturated rings. The summed E-state index contributed by atoms with van der Waals surface area (Å²) in [5.74, 6) is -0.980. The van der Waals surface area contributed by atoms with E-state index in [2.05, 4.69) is 23.3 Å². The maximum Gasteiger partial charge on any atom is 0.338 e. The van der Waals surface area contributed by atoms with Gasteiger partial charge in [0.1, 0.15) is 5.52 Å². The lowest BCUT2D eigenvalue weighted by molar-refractivity contribution is 0.0699. The standard InChI is InChI=1S/C14H13N3O2S/c1-2-10(12-7-4-8-20-12)17-11-6-3-5-9(14(18)19)13(11)15-16-17/h3-8,10H,2H2,1H3,(H,18,19). The van der Waals surface area contributed by atoms with E-state index in [1.54, 1.807) is 23.5 Å². The van der Waals surface area contributed by atoms with Gasteiger partial charge in [-0.2, -0.15) is 0 Å². The lowest BCUT2D eigenvalue weighted by Gasteiger charge is -2.14. The molecule has 0 saturated carbocycles. The molecule has 1 N–H and O–H groups in total. The van der Waals surface area contributed by atoms with Crippen LogP contribution in [0.4, 0.5) is 0 Å². The molecule has 0 aliphatic carbocycles. The molecule has 0 aliphatic rings. The molecule has 1 atom stereocenters. The molecule has 0 amide bonds. The normalized spacial score (nSPS) is 12.7. The second-order valence-electron chi connectivity index (χ2n) is 4.45. The zero-order valence-corrected chi connectivity index (χ0v) is 11.7. The molecule has 0 spiro atoms. The number of nitrogens with zero attached hydrogens (tertiary/aromatic N) is 3. The molecule has 0 aliphatic heterocycles. The Bertz CT molecular complexity index is 749. The highest BCUT2D eigenvalue weighted by Gasteiger charge is 2.19. The van der Waals surface area contributed by atoms with Gasteiger partial charge in [0, 0.05) is 4.88 Å². The van der Waals surface area contributed by atoms with Crippen molar-refractivity contribution in [1.29, 1.82) is 0 Å². The Morgan fingerprint density at radius 3 is 2.90 bits per heavy atom. The Hall–Kier alpha value is -2.21. The van der Waals surface area contributed by atoms with Crippen molar-refractivity contribution < 1.29 is 9.90 Å². The zero-order valence-electron chi connectivity index (χ0n) is 10.9. The van der Waals surface area contributed by atoms with E-state index in [0.717, 1.165) is 11.9 Å². The van der Waals surface area contributed by atoms with E-state index in [1.807, 2.05) is 22.2 Å². The summed E-state index contributed by atoms with van der Waals surface area (Å²) >= 11 is 1.67. The van der Waals surface area contributed by atoms with Gasteiger partial charge >= 0.3 is 5.97 Å². The first kappa shape index (κ1) is 12.8. The highest BCUT2D eigenvalue weighted by Crippen LogP contribution is 2.28. The molecule has 20 heavy (non-hydrogen) atoms. The van der Waals surface area contributed by atoms with Crippen LogP contribution in [-0.4, -0.2) is 26.1 Å². The predicted octanol–water partition coefficient (Wildman–Crippen LogP) is 3.19. The molecule has 6 heteroatoms. The number of benzene rings is 1. The van der Waals surface area contributed by atoms with E-state index in [0.29, 0.717) is 5.52 Å². The number of fused-ring (bicyclic) bond motifs is 1. The van der Waals surface area contributed by atoms with Crippen molar-refractivity contribution in [3.8, 4) is 0 Å². The summed E-state index contributed by atoms with van der Waals surface area (Å²) in [7, 11) is 0. The van der Waals surface area contributed by atoms with Crippen LogP contribution in [0.15, 0.2) is 35.7 Å². The van der Waals surface area contributed by atoms with E-state index in [-0.39, 0.29) is 11.6 Å². The first-order valence-electron chi connectivity index (χ1n) is 6.33. The second kappa shape index (κ2) is 5.05. The van der Waals surface area contributed by atoms with Crippen LogP contribution in [0, 0.1) is 0 Å². The Balaban J connectivity index is 2.17. The molecule has 3 rings (SSSR count). The van der Waals surface area contributed by atoms with Crippen LogP contribution in [0.1, 0.15) is 34.6 Å². The maximum absolute atomic E-state index is 11.2. The summed E-state index contributed by atoms with van der Waals surface area (Å²) < 4.78 is 1.81. The fourth-order valence-corrected chi connectivity index (χ4v) is 3.24. The monoisotopic (exact) mass is 287 g/mol. The Kier molecular flexibility index (Phi) is 3.23. The van der Waals surface area contributed by atoms with Crippen molar-refractivity contribution in [2.24, 2.45) is 0 Å². The largest absolute Gasteiger partial charge is 0.478 e. The third-order valence-electron chi connectivity index (χ3n) is 3.29. The van der Waals surface area contributed by atoms with Gasteiger partial charge in [-0.25, -0.2) is 9.48 Å². The fourth-order valence-electron chi connectivity index (χ4n) is 2.34. The van der Waals surface area contributed by atoms with Gasteiger partial charge in [-0.3, -0.25) is 0 Å². The molecule has 102 valence electrons. The third-order valence-corrected chi connectivity index (χ3v) is 4.26. The number of aromatic carboxylic acids is 1. The van der Waals surface area contributed by atoms with E-state index in [1.165, 1.54) is 4.88 Å². The number of thiophene rings is 1. The summed E-state index contributed by atoms with van der Waals surface area (Å²) in [6, 6.07) is 9.29. The Morgan fingerprint density at radius 1 is 1.40 bits per heavy atom. The van der Waals surface area contributed by atoms with Crippen molar-refractivity contribution >= 4 is 28.3 Å². The molecule has 3 aromatic rings. The molecule has 2 heterocycles. The van der Waals surface area contributed by atoms with Gasteiger partial charge in [0.05, 0.1) is 17.1 Å². The maximum atomic E-state index is 11.2. The smallest absolute Gasteiger partial charge is 0.338 e. The summed E-state index contributed by atoms with van der Waals surface area (Å²) in [6.07, 6.45) is 0.871. The SMILES string of the molecule is CCC(c1cccs1)n1nnc2c(C(=O)O)cccc21. The van der Waals surface area contributed by atoms with Crippen LogP contribution in [-0.2, 0) is 0 Å². The molecule has 5 nitrogen and oxygen atoms in total. The van der Waals surface area contributed by atoms with Crippen molar-refractivity contribution in [3.63, 3.8) is 0 Å². The van der Waals surface area contributed by atoms with E-state index < -0.39 is 5.97 Å². The van der Waals surface area contributed by atoms with Crippen LogP contribution >= 0.6 is 11.3 Å². The van der Waals surface area contributed by atoms with Crippen molar-refractivity contribution in [3.05, 3.63) is 46.2 Å². The van der Waals surface area contributed by atoms with E-state index in [9.17, 15) is 9.90 Å². The number of hydrogen-bond donors (Lipinski definition) is 1. The summed E-state index contributed by atoms with van der Waals surface area (Å²) in [5.41, 5.74) is 1.38. The van der Waals surface area contributed by atoms with Crippen LogP contribution < -0.4 is 0 Å². The topological polar surface area (TPSA) is 68.0 Å². The van der Waals surface area contributed by atoms with Gasteiger partial charge in [-0.1, -0.05) is 24.3 Å². The zero-order chi connectivity index (χ0) is 14.1. The quantitative estimate of drug-likeness (QED) is 0.800. The molecular formula is C14H13N3O2S. The Morgan fingerprint density at radius 2 is 2.25 bits per heavy atom. The third kappa shape index (κ3) is 1.98. The predicted molar refractivity (Wildman–Crippen MR) is 77.2 cm³/mol. The lowest BCUT2D eigenvalue weighted by Crippen LogP contribution is -2.10. The van der Waals surface area contributed by atoms with Crippen LogP contribution in [0.25, 0.3) is 11.0 Å². The van der Waals surface area contributed by atoms with E-state index >= 15 is 0 Å². The minimum absolute atomic E-state index is 0.0871. The number of carbonyl (C=O) groups is 1. The number of carboxylic acid groups (broad SMARTS) is 1.